The molecule has 1 aliphatic heterocycles. The number of nitrogens with zero attached hydrogens (tertiary/aromatic N) is 1. The Morgan fingerprint density at radius 1 is 1.07 bits per heavy atom. The van der Waals surface area contributed by atoms with E-state index in [1.165, 1.54) is 6.92 Å². The van der Waals surface area contributed by atoms with Gasteiger partial charge in [0.2, 0.25) is 0 Å². The number of urea groups is 1. The van der Waals surface area contributed by atoms with Crippen LogP contribution >= 0.6 is 11.6 Å². The summed E-state index contributed by atoms with van der Waals surface area (Å²) in [5.74, 6) is -0.906. The SMILES string of the molecule is CC(NC(=O)OC(C)(C)C)C(=O)OC(C)(C)CNC(=O)NC(C=O)[C@@H](C)CN1CC[C@](O)(c2ccc(Cl)cc2)C(C)(C)C1. The number of alkyl carbamates (subject to hydrolysis) is 1. The molecular formula is C31H49ClN4O7. The van der Waals surface area contributed by atoms with Crippen LogP contribution in [-0.2, 0) is 24.7 Å². The molecule has 0 radical (unpaired) electrons. The molecule has 2 unspecified atom stereocenters. The standard InChI is InChI=1S/C31H49ClN4O7/c1-20(16-36-15-14-31(41,29(6,7)19-36)22-10-12-23(32)13-11-22)24(17-37)35-26(39)33-18-30(8,9)42-25(38)21(2)34-27(40)43-28(3,4)5/h10-13,17,20-21,24,41H,14-16,18-19H2,1-9H3,(H,34,40)(H2,33,35,39)/t20-,21?,24?,31-/m0/s1. The van der Waals surface area contributed by atoms with E-state index in [2.05, 4.69) is 20.9 Å². The minimum Gasteiger partial charge on any atom is -0.456 e. The summed E-state index contributed by atoms with van der Waals surface area (Å²) in [5.41, 5.74) is -2.50. The number of ether oxygens (including phenoxy) is 2. The molecule has 1 fully saturated rings. The fourth-order valence-electron chi connectivity index (χ4n) is 5.11. The van der Waals surface area contributed by atoms with Crippen LogP contribution in [0.2, 0.25) is 5.02 Å². The van der Waals surface area contributed by atoms with Crippen molar-refractivity contribution in [2.24, 2.45) is 11.3 Å². The Hall–Kier alpha value is -2.89. The van der Waals surface area contributed by atoms with Crippen molar-refractivity contribution in [1.82, 2.24) is 20.9 Å². The Balaban J connectivity index is 1.87. The van der Waals surface area contributed by atoms with E-state index in [0.717, 1.165) is 5.56 Å². The number of hydrogen-bond donors (Lipinski definition) is 4. The van der Waals surface area contributed by atoms with E-state index in [9.17, 15) is 24.3 Å². The highest BCUT2D eigenvalue weighted by Gasteiger charge is 2.48. The minimum absolute atomic E-state index is 0.0344. The van der Waals surface area contributed by atoms with Crippen molar-refractivity contribution in [3.8, 4) is 0 Å². The molecule has 0 bridgehead atoms. The minimum atomic E-state index is -1.10. The van der Waals surface area contributed by atoms with Crippen molar-refractivity contribution in [3.63, 3.8) is 0 Å². The van der Waals surface area contributed by atoms with Gasteiger partial charge in [0.15, 0.2) is 0 Å². The zero-order valence-electron chi connectivity index (χ0n) is 26.9. The maximum absolute atomic E-state index is 12.7. The number of nitrogens with one attached hydrogen (secondary N) is 3. The third-order valence-corrected chi connectivity index (χ3v) is 7.84. The van der Waals surface area contributed by atoms with Gasteiger partial charge in [0.05, 0.1) is 18.2 Å². The van der Waals surface area contributed by atoms with Gasteiger partial charge in [-0.3, -0.25) is 0 Å². The van der Waals surface area contributed by atoms with E-state index >= 15 is 0 Å². The Labute approximate surface area is 260 Å². The first-order chi connectivity index (χ1) is 19.7. The molecule has 0 aromatic heterocycles. The van der Waals surface area contributed by atoms with Crippen LogP contribution in [0.1, 0.15) is 74.3 Å². The summed E-state index contributed by atoms with van der Waals surface area (Å²) in [4.78, 5) is 51.2. The number of aliphatic hydroxyl groups is 1. The second-order valence-corrected chi connectivity index (χ2v) is 14.2. The molecule has 12 heteroatoms. The summed E-state index contributed by atoms with van der Waals surface area (Å²) in [6, 6.07) is 4.97. The molecule has 3 amide bonds. The van der Waals surface area contributed by atoms with Crippen molar-refractivity contribution in [2.75, 3.05) is 26.2 Å². The Morgan fingerprint density at radius 3 is 2.21 bits per heavy atom. The van der Waals surface area contributed by atoms with E-state index in [1.807, 2.05) is 32.9 Å². The number of aldehydes is 1. The van der Waals surface area contributed by atoms with Gasteiger partial charge >= 0.3 is 18.1 Å². The lowest BCUT2D eigenvalue weighted by Gasteiger charge is -2.51. The molecule has 1 aliphatic rings. The molecular weight excluding hydrogens is 576 g/mol. The first-order valence-electron chi connectivity index (χ1n) is 14.6. The molecule has 242 valence electrons. The Bertz CT molecular complexity index is 1140. The van der Waals surface area contributed by atoms with Gasteiger partial charge < -0.3 is 40.2 Å². The molecule has 0 saturated carbocycles. The van der Waals surface area contributed by atoms with Crippen LogP contribution in [0.3, 0.4) is 0 Å². The Kier molecular flexibility index (Phi) is 12.0. The van der Waals surface area contributed by atoms with E-state index in [0.29, 0.717) is 37.4 Å². The smallest absolute Gasteiger partial charge is 0.408 e. The lowest BCUT2D eigenvalue weighted by atomic mass is 9.66. The van der Waals surface area contributed by atoms with Gasteiger partial charge in [-0.2, -0.15) is 0 Å². The summed E-state index contributed by atoms with van der Waals surface area (Å²) in [7, 11) is 0. The van der Waals surface area contributed by atoms with Gasteiger partial charge in [-0.25, -0.2) is 14.4 Å². The van der Waals surface area contributed by atoms with Crippen molar-refractivity contribution >= 4 is 36.0 Å². The quantitative estimate of drug-likeness (QED) is 0.213. The molecule has 2 rings (SSSR count). The van der Waals surface area contributed by atoms with Crippen LogP contribution in [0.15, 0.2) is 24.3 Å². The molecule has 1 aromatic carbocycles. The van der Waals surface area contributed by atoms with Gasteiger partial charge in [-0.15, -0.1) is 0 Å². The van der Waals surface area contributed by atoms with E-state index < -0.39 is 52.4 Å². The number of benzene rings is 1. The number of hydrogen-bond acceptors (Lipinski definition) is 8. The predicted octanol–water partition coefficient (Wildman–Crippen LogP) is 4.00. The molecule has 1 saturated heterocycles. The van der Waals surface area contributed by atoms with Gasteiger partial charge in [0.1, 0.15) is 23.5 Å². The number of rotatable bonds is 11. The molecule has 0 aliphatic carbocycles. The number of likely N-dealkylation sites (tertiary alicyclic amines) is 1. The van der Waals surface area contributed by atoms with Crippen molar-refractivity contribution in [2.45, 2.75) is 97.6 Å². The van der Waals surface area contributed by atoms with Crippen LogP contribution < -0.4 is 16.0 Å². The summed E-state index contributed by atoms with van der Waals surface area (Å²) >= 11 is 6.04. The molecule has 1 heterocycles. The highest BCUT2D eigenvalue weighted by molar-refractivity contribution is 6.30. The third-order valence-electron chi connectivity index (χ3n) is 7.59. The molecule has 43 heavy (non-hydrogen) atoms. The fraction of sp³-hybridized carbons (Fsp3) is 0.677. The zero-order chi connectivity index (χ0) is 32.8. The number of esters is 1. The van der Waals surface area contributed by atoms with Gasteiger partial charge in [-0.05, 0) is 71.6 Å². The monoisotopic (exact) mass is 624 g/mol. The highest BCUT2D eigenvalue weighted by atomic mass is 35.5. The molecule has 11 nitrogen and oxygen atoms in total. The normalized spacial score (nSPS) is 21.1. The lowest BCUT2D eigenvalue weighted by molar-refractivity contribution is -0.158. The maximum atomic E-state index is 12.7. The topological polar surface area (TPSA) is 146 Å². The van der Waals surface area contributed by atoms with Gasteiger partial charge in [-0.1, -0.05) is 44.5 Å². The van der Waals surface area contributed by atoms with E-state index in [-0.39, 0.29) is 12.5 Å². The first kappa shape index (κ1) is 36.3. The van der Waals surface area contributed by atoms with E-state index in [1.54, 1.807) is 46.8 Å². The van der Waals surface area contributed by atoms with Crippen LogP contribution in [0, 0.1) is 11.3 Å². The molecule has 4 N–H and O–H groups in total. The fourth-order valence-corrected chi connectivity index (χ4v) is 5.24. The van der Waals surface area contributed by atoms with Crippen molar-refractivity contribution in [1.29, 1.82) is 0 Å². The predicted molar refractivity (Wildman–Crippen MR) is 165 cm³/mol. The Morgan fingerprint density at radius 2 is 1.67 bits per heavy atom. The van der Waals surface area contributed by atoms with E-state index in [4.69, 9.17) is 21.1 Å². The average molecular weight is 625 g/mol. The number of carbonyl (C=O) groups is 4. The third kappa shape index (κ3) is 10.7. The number of carbonyl (C=O) groups excluding carboxylic acids is 4. The lowest BCUT2D eigenvalue weighted by Crippen LogP contribution is -2.57. The highest BCUT2D eigenvalue weighted by Crippen LogP contribution is 2.46. The van der Waals surface area contributed by atoms with Crippen LogP contribution in [0.25, 0.3) is 0 Å². The summed E-state index contributed by atoms with van der Waals surface area (Å²) in [6.07, 6.45) is 0.471. The second-order valence-electron chi connectivity index (χ2n) is 13.8. The second kappa shape index (κ2) is 14.3. The summed E-state index contributed by atoms with van der Waals surface area (Å²) in [6.45, 7) is 17.5. The first-order valence-corrected chi connectivity index (χ1v) is 15.0. The number of amides is 3. The number of piperidine rings is 1. The van der Waals surface area contributed by atoms with Crippen LogP contribution in [0.4, 0.5) is 9.59 Å². The number of halogens is 1. The largest absolute Gasteiger partial charge is 0.456 e. The van der Waals surface area contributed by atoms with Gasteiger partial charge in [0, 0.05) is 30.1 Å². The van der Waals surface area contributed by atoms with Crippen molar-refractivity contribution in [3.05, 3.63) is 34.9 Å². The average Bonchev–Trinajstić information content (AvgIpc) is 2.87. The molecule has 1 aromatic rings. The van der Waals surface area contributed by atoms with Crippen molar-refractivity contribution < 1.29 is 33.8 Å². The van der Waals surface area contributed by atoms with Crippen LogP contribution in [-0.4, -0.2) is 83.9 Å². The zero-order valence-corrected chi connectivity index (χ0v) is 27.6. The molecule has 0 spiro atoms. The maximum Gasteiger partial charge on any atom is 0.408 e. The van der Waals surface area contributed by atoms with Gasteiger partial charge in [0.25, 0.3) is 0 Å². The molecule has 4 atom stereocenters. The summed E-state index contributed by atoms with van der Waals surface area (Å²) in [5, 5.41) is 20.0. The summed E-state index contributed by atoms with van der Waals surface area (Å²) < 4.78 is 10.6. The van der Waals surface area contributed by atoms with Crippen LogP contribution in [0.5, 0.6) is 0 Å².